The normalized spacial score (nSPS) is 14.8. The van der Waals surface area contributed by atoms with Gasteiger partial charge in [0.05, 0.1) is 36.6 Å². The quantitative estimate of drug-likeness (QED) is 0.834. The van der Waals surface area contributed by atoms with Crippen molar-refractivity contribution in [2.45, 2.75) is 39.2 Å². The van der Waals surface area contributed by atoms with E-state index in [2.05, 4.69) is 5.10 Å². The van der Waals surface area contributed by atoms with Crippen LogP contribution < -0.4 is 5.56 Å². The summed E-state index contributed by atoms with van der Waals surface area (Å²) in [5.74, 6) is 0. The maximum absolute atomic E-state index is 11.5. The molecule has 1 saturated heterocycles. The van der Waals surface area contributed by atoms with E-state index in [1.807, 2.05) is 45.0 Å². The lowest BCUT2D eigenvalue weighted by atomic mass is 10.1. The number of aliphatic hydroxyl groups is 1. The summed E-state index contributed by atoms with van der Waals surface area (Å²) in [4.78, 5) is 11.5. The molecule has 142 valence electrons. The van der Waals surface area contributed by atoms with Gasteiger partial charge in [-0.05, 0) is 26.3 Å². The van der Waals surface area contributed by atoms with Crippen molar-refractivity contribution < 1.29 is 14.6 Å². The minimum Gasteiger partial charge on any atom is -0.392 e. The summed E-state index contributed by atoms with van der Waals surface area (Å²) in [5.41, 5.74) is 1.17. The molecule has 1 aliphatic heterocycles. The lowest BCUT2D eigenvalue weighted by molar-refractivity contribution is -0.0441. The first kappa shape index (κ1) is 20.9. The molecule has 0 radical (unpaired) electrons. The van der Waals surface area contributed by atoms with Crippen molar-refractivity contribution in [3.63, 3.8) is 0 Å². The summed E-state index contributed by atoms with van der Waals surface area (Å²) in [6.45, 7) is 6.99. The monoisotopic (exact) mass is 400 g/mol. The van der Waals surface area contributed by atoms with E-state index >= 15 is 0 Å². The largest absolute Gasteiger partial charge is 0.392 e. The van der Waals surface area contributed by atoms with E-state index in [0.29, 0.717) is 13.2 Å². The molecule has 2 heterocycles. The van der Waals surface area contributed by atoms with Gasteiger partial charge in [0.15, 0.2) is 6.29 Å². The van der Waals surface area contributed by atoms with Gasteiger partial charge in [-0.1, -0.05) is 47.5 Å². The van der Waals surface area contributed by atoms with E-state index in [1.54, 1.807) is 0 Å². The number of benzene rings is 1. The number of ether oxygens (including phenoxy) is 2. The minimum absolute atomic E-state index is 0.0200. The van der Waals surface area contributed by atoms with Gasteiger partial charge in [0.2, 0.25) is 0 Å². The van der Waals surface area contributed by atoms with Crippen LogP contribution in [0.25, 0.3) is 0 Å². The van der Waals surface area contributed by atoms with Crippen molar-refractivity contribution in [1.82, 2.24) is 9.78 Å². The van der Waals surface area contributed by atoms with Crippen molar-refractivity contribution in [3.05, 3.63) is 62.0 Å². The Morgan fingerprint density at radius 2 is 1.77 bits per heavy atom. The standard InChI is InChI=1S/C10H12O3.C8H10Cl2N2O/c11-7-8-1-3-9(4-2-8)10-12-5-6-13-10;1-8(2,3)12-7(13)6(10)5(9)4-11-12/h1-4,10-11H,5-7H2;4H,1-3H3. The van der Waals surface area contributed by atoms with E-state index in [-0.39, 0.29) is 34.0 Å². The smallest absolute Gasteiger partial charge is 0.287 e. The second-order valence-electron chi connectivity index (χ2n) is 6.67. The molecule has 1 aromatic heterocycles. The highest BCUT2D eigenvalue weighted by molar-refractivity contribution is 6.41. The maximum atomic E-state index is 11.5. The highest BCUT2D eigenvalue weighted by Crippen LogP contribution is 2.23. The summed E-state index contributed by atoms with van der Waals surface area (Å²) in [6.07, 6.45) is 1.16. The van der Waals surface area contributed by atoms with Crippen molar-refractivity contribution in [2.75, 3.05) is 13.2 Å². The summed E-state index contributed by atoms with van der Waals surface area (Å²) in [5, 5.41) is 12.9. The Morgan fingerprint density at radius 3 is 2.27 bits per heavy atom. The predicted octanol–water partition coefficient (Wildman–Crippen LogP) is 3.53. The average molecular weight is 401 g/mol. The zero-order chi connectivity index (χ0) is 19.3. The van der Waals surface area contributed by atoms with E-state index in [4.69, 9.17) is 37.8 Å². The van der Waals surface area contributed by atoms with Crippen LogP contribution in [0.2, 0.25) is 10.0 Å². The van der Waals surface area contributed by atoms with Gasteiger partial charge in [-0.15, -0.1) is 0 Å². The van der Waals surface area contributed by atoms with Crippen LogP contribution in [0.5, 0.6) is 0 Å². The number of nitrogens with zero attached hydrogens (tertiary/aromatic N) is 2. The van der Waals surface area contributed by atoms with E-state index in [0.717, 1.165) is 11.1 Å². The maximum Gasteiger partial charge on any atom is 0.287 e. The molecule has 6 nitrogen and oxygen atoms in total. The molecule has 0 saturated carbocycles. The first-order valence-corrected chi connectivity index (χ1v) is 8.86. The molecule has 0 spiro atoms. The molecule has 1 fully saturated rings. The molecule has 1 aromatic carbocycles. The molecule has 0 atom stereocenters. The molecule has 0 bridgehead atoms. The molecule has 2 aromatic rings. The topological polar surface area (TPSA) is 73.6 Å². The SMILES string of the molecule is CC(C)(C)n1ncc(Cl)c(Cl)c1=O.OCc1ccc(C2OCCO2)cc1. The molecule has 0 aliphatic carbocycles. The second kappa shape index (κ2) is 8.97. The fourth-order valence-corrected chi connectivity index (χ4v) is 2.47. The zero-order valence-electron chi connectivity index (χ0n) is 14.9. The summed E-state index contributed by atoms with van der Waals surface area (Å²) >= 11 is 11.3. The Balaban J connectivity index is 0.000000187. The Hall–Kier alpha value is -1.44. The Bertz CT molecular complexity index is 779. The Kier molecular flexibility index (Phi) is 7.20. The van der Waals surface area contributed by atoms with Gasteiger partial charge in [-0.2, -0.15) is 5.10 Å². The first-order valence-electron chi connectivity index (χ1n) is 8.10. The average Bonchev–Trinajstić information content (AvgIpc) is 3.14. The fraction of sp³-hybridized carbons (Fsp3) is 0.444. The number of hydrogen-bond acceptors (Lipinski definition) is 5. The third-order valence-electron chi connectivity index (χ3n) is 3.57. The van der Waals surface area contributed by atoms with Crippen LogP contribution in [-0.2, 0) is 21.6 Å². The summed E-state index contributed by atoms with van der Waals surface area (Å²) in [7, 11) is 0. The molecular weight excluding hydrogens is 379 g/mol. The Morgan fingerprint density at radius 1 is 1.19 bits per heavy atom. The molecule has 3 rings (SSSR count). The molecule has 26 heavy (non-hydrogen) atoms. The zero-order valence-corrected chi connectivity index (χ0v) is 16.4. The number of aromatic nitrogens is 2. The highest BCUT2D eigenvalue weighted by Gasteiger charge is 2.19. The minimum atomic E-state index is -0.384. The first-order chi connectivity index (χ1) is 12.2. The van der Waals surface area contributed by atoms with Crippen LogP contribution in [0, 0.1) is 0 Å². The lowest BCUT2D eigenvalue weighted by Crippen LogP contribution is -2.36. The van der Waals surface area contributed by atoms with Gasteiger partial charge in [0.1, 0.15) is 5.02 Å². The number of halogens is 2. The van der Waals surface area contributed by atoms with Crippen molar-refractivity contribution in [2.24, 2.45) is 0 Å². The predicted molar refractivity (Wildman–Crippen MR) is 101 cm³/mol. The van der Waals surface area contributed by atoms with Crippen LogP contribution in [0.15, 0.2) is 35.3 Å². The van der Waals surface area contributed by atoms with E-state index < -0.39 is 0 Å². The van der Waals surface area contributed by atoms with E-state index in [9.17, 15) is 4.79 Å². The molecule has 8 heteroatoms. The van der Waals surface area contributed by atoms with Gasteiger partial charge in [-0.3, -0.25) is 4.79 Å². The molecule has 1 aliphatic rings. The molecular formula is C18H22Cl2N2O4. The van der Waals surface area contributed by atoms with Gasteiger partial charge < -0.3 is 14.6 Å². The highest BCUT2D eigenvalue weighted by atomic mass is 35.5. The van der Waals surface area contributed by atoms with Gasteiger partial charge in [-0.25, -0.2) is 4.68 Å². The van der Waals surface area contributed by atoms with Crippen LogP contribution in [0.4, 0.5) is 0 Å². The summed E-state index contributed by atoms with van der Waals surface area (Å²) in [6, 6.07) is 7.59. The number of aliphatic hydroxyl groups excluding tert-OH is 1. The van der Waals surface area contributed by atoms with Crippen molar-refractivity contribution in [1.29, 1.82) is 0 Å². The van der Waals surface area contributed by atoms with Gasteiger partial charge >= 0.3 is 0 Å². The second-order valence-corrected chi connectivity index (χ2v) is 7.45. The van der Waals surface area contributed by atoms with Crippen molar-refractivity contribution in [3.8, 4) is 0 Å². The van der Waals surface area contributed by atoms with Crippen LogP contribution in [0.1, 0.15) is 38.2 Å². The number of rotatable bonds is 2. The summed E-state index contributed by atoms with van der Waals surface area (Å²) < 4.78 is 12.0. The van der Waals surface area contributed by atoms with E-state index in [1.165, 1.54) is 10.9 Å². The van der Waals surface area contributed by atoms with Crippen LogP contribution in [-0.4, -0.2) is 28.1 Å². The third kappa shape index (κ3) is 5.28. The van der Waals surface area contributed by atoms with Gasteiger partial charge in [0, 0.05) is 5.56 Å². The molecule has 0 amide bonds. The fourth-order valence-electron chi connectivity index (χ4n) is 2.22. The lowest BCUT2D eigenvalue weighted by Gasteiger charge is -2.20. The molecule has 1 N–H and O–H groups in total. The van der Waals surface area contributed by atoms with Crippen LogP contribution >= 0.6 is 23.2 Å². The van der Waals surface area contributed by atoms with Crippen LogP contribution in [0.3, 0.4) is 0 Å². The Labute approximate surface area is 162 Å². The van der Waals surface area contributed by atoms with Gasteiger partial charge in [0.25, 0.3) is 5.56 Å². The third-order valence-corrected chi connectivity index (χ3v) is 4.32. The molecule has 0 unspecified atom stereocenters. The van der Waals surface area contributed by atoms with Crippen molar-refractivity contribution >= 4 is 23.2 Å². The number of hydrogen-bond donors (Lipinski definition) is 1.